The van der Waals surface area contributed by atoms with Gasteiger partial charge in [-0.3, -0.25) is 14.5 Å². The van der Waals surface area contributed by atoms with Crippen LogP contribution in [0, 0.1) is 5.41 Å². The number of likely N-dealkylation sites (tertiary alicyclic amines) is 1. The predicted molar refractivity (Wildman–Crippen MR) is 126 cm³/mol. The van der Waals surface area contributed by atoms with Crippen LogP contribution in [-0.4, -0.2) is 66.1 Å². The van der Waals surface area contributed by atoms with Crippen molar-refractivity contribution >= 4 is 11.9 Å². The van der Waals surface area contributed by atoms with E-state index >= 15 is 0 Å². The standard InChI is InChI=1S/C26H40N2O4/c1-2-3-16-27-19-20-32-23-10-5-4-8-22(23)9-6-7-13-26(21-27)14-17-28(18-15-26)24(29)11-12-25(30)31/h4-5,8,10H,2-3,6-7,9,11-21H2,1H3,(H,30,31). The molecule has 178 valence electrons. The van der Waals surface area contributed by atoms with Crippen LogP contribution < -0.4 is 4.74 Å². The lowest BCUT2D eigenvalue weighted by Crippen LogP contribution is -2.49. The number of carboxylic acid groups (broad SMARTS) is 1. The zero-order valence-electron chi connectivity index (χ0n) is 19.7. The van der Waals surface area contributed by atoms with Crippen molar-refractivity contribution in [2.75, 3.05) is 39.3 Å². The van der Waals surface area contributed by atoms with Gasteiger partial charge in [0.2, 0.25) is 5.91 Å². The van der Waals surface area contributed by atoms with Gasteiger partial charge in [-0.25, -0.2) is 0 Å². The summed E-state index contributed by atoms with van der Waals surface area (Å²) in [5.41, 5.74) is 1.54. The van der Waals surface area contributed by atoms with Crippen molar-refractivity contribution in [3.8, 4) is 5.75 Å². The molecule has 2 heterocycles. The van der Waals surface area contributed by atoms with Gasteiger partial charge in [0, 0.05) is 32.6 Å². The number of para-hydroxylation sites is 1. The quantitative estimate of drug-likeness (QED) is 0.706. The lowest BCUT2D eigenvalue weighted by molar-refractivity contribution is -0.141. The lowest BCUT2D eigenvalue weighted by Gasteiger charge is -2.45. The monoisotopic (exact) mass is 444 g/mol. The minimum atomic E-state index is -0.901. The minimum absolute atomic E-state index is 0.0109. The molecule has 1 spiro atoms. The fourth-order valence-electron chi connectivity index (χ4n) is 5.17. The number of hydrogen-bond donors (Lipinski definition) is 1. The van der Waals surface area contributed by atoms with Gasteiger partial charge in [-0.05, 0) is 62.1 Å². The Balaban J connectivity index is 1.66. The SMILES string of the molecule is CCCCN1CCOc2ccccc2CCCCC2(CCN(C(=O)CCC(=O)O)CC2)C1. The summed E-state index contributed by atoms with van der Waals surface area (Å²) < 4.78 is 6.20. The number of unbranched alkanes of at least 4 members (excludes halogenated alkanes) is 1. The number of benzene rings is 1. The number of ether oxygens (including phenoxy) is 1. The molecule has 1 aromatic carbocycles. The zero-order chi connectivity index (χ0) is 22.8. The second-order valence-electron chi connectivity index (χ2n) is 9.57. The maximum Gasteiger partial charge on any atom is 0.303 e. The Morgan fingerprint density at radius 3 is 2.59 bits per heavy atom. The molecule has 1 aromatic rings. The Morgan fingerprint density at radius 2 is 1.84 bits per heavy atom. The third-order valence-corrected chi connectivity index (χ3v) is 7.16. The van der Waals surface area contributed by atoms with Crippen LogP contribution in [0.5, 0.6) is 5.75 Å². The molecule has 2 aliphatic rings. The van der Waals surface area contributed by atoms with E-state index < -0.39 is 5.97 Å². The molecule has 1 N–H and O–H groups in total. The van der Waals surface area contributed by atoms with Crippen LogP contribution in [0.2, 0.25) is 0 Å². The molecule has 0 aliphatic carbocycles. The Kier molecular flexibility index (Phi) is 9.39. The molecule has 1 fully saturated rings. The first kappa shape index (κ1) is 24.6. The zero-order valence-corrected chi connectivity index (χ0v) is 19.7. The molecule has 2 aliphatic heterocycles. The van der Waals surface area contributed by atoms with Crippen LogP contribution in [0.4, 0.5) is 0 Å². The molecule has 0 bridgehead atoms. The summed E-state index contributed by atoms with van der Waals surface area (Å²) in [4.78, 5) is 27.7. The van der Waals surface area contributed by atoms with E-state index in [1.807, 2.05) is 4.90 Å². The molecule has 0 saturated carbocycles. The van der Waals surface area contributed by atoms with Gasteiger partial charge < -0.3 is 14.7 Å². The Morgan fingerprint density at radius 1 is 1.06 bits per heavy atom. The van der Waals surface area contributed by atoms with Gasteiger partial charge in [0.25, 0.3) is 0 Å². The second kappa shape index (κ2) is 12.2. The topological polar surface area (TPSA) is 70.1 Å². The number of aryl methyl sites for hydroxylation is 1. The van der Waals surface area contributed by atoms with Crippen LogP contribution in [0.25, 0.3) is 0 Å². The molecule has 6 heteroatoms. The summed E-state index contributed by atoms with van der Waals surface area (Å²) in [6.45, 7) is 7.52. The molecule has 1 amide bonds. The smallest absolute Gasteiger partial charge is 0.303 e. The first-order chi connectivity index (χ1) is 15.5. The van der Waals surface area contributed by atoms with Crippen molar-refractivity contribution in [1.29, 1.82) is 0 Å². The molecular formula is C26H40N2O4. The predicted octanol–water partition coefficient (Wildman–Crippen LogP) is 4.37. The number of carbonyl (C=O) groups excluding carboxylic acids is 1. The maximum atomic E-state index is 12.4. The average molecular weight is 445 g/mol. The molecular weight excluding hydrogens is 404 g/mol. The normalized spacial score (nSPS) is 20.0. The summed E-state index contributed by atoms with van der Waals surface area (Å²) in [6, 6.07) is 8.43. The van der Waals surface area contributed by atoms with Crippen LogP contribution in [0.15, 0.2) is 24.3 Å². The largest absolute Gasteiger partial charge is 0.492 e. The molecule has 32 heavy (non-hydrogen) atoms. The molecule has 0 atom stereocenters. The third-order valence-electron chi connectivity index (χ3n) is 7.16. The van der Waals surface area contributed by atoms with Crippen LogP contribution in [-0.2, 0) is 16.0 Å². The van der Waals surface area contributed by atoms with Crippen LogP contribution in [0.3, 0.4) is 0 Å². The van der Waals surface area contributed by atoms with E-state index in [1.54, 1.807) is 0 Å². The van der Waals surface area contributed by atoms with E-state index in [4.69, 9.17) is 9.84 Å². The van der Waals surface area contributed by atoms with E-state index in [2.05, 4.69) is 36.1 Å². The first-order valence-corrected chi connectivity index (χ1v) is 12.4. The number of rotatable bonds is 6. The van der Waals surface area contributed by atoms with E-state index in [9.17, 15) is 9.59 Å². The van der Waals surface area contributed by atoms with E-state index in [0.29, 0.717) is 6.61 Å². The Labute approximate surface area is 192 Å². The fourth-order valence-corrected chi connectivity index (χ4v) is 5.17. The number of amides is 1. The lowest BCUT2D eigenvalue weighted by atomic mass is 9.73. The number of nitrogens with zero attached hydrogens (tertiary/aromatic N) is 2. The van der Waals surface area contributed by atoms with Crippen molar-refractivity contribution in [1.82, 2.24) is 9.80 Å². The molecule has 1 saturated heterocycles. The highest BCUT2D eigenvalue weighted by atomic mass is 16.5. The second-order valence-corrected chi connectivity index (χ2v) is 9.57. The summed E-state index contributed by atoms with van der Waals surface area (Å²) in [6.07, 6.45) is 8.99. The minimum Gasteiger partial charge on any atom is -0.492 e. The van der Waals surface area contributed by atoms with Crippen molar-refractivity contribution in [3.63, 3.8) is 0 Å². The number of hydrogen-bond acceptors (Lipinski definition) is 4. The molecule has 3 rings (SSSR count). The van der Waals surface area contributed by atoms with E-state index in [1.165, 1.54) is 31.2 Å². The molecule has 0 aromatic heterocycles. The van der Waals surface area contributed by atoms with Crippen molar-refractivity contribution < 1.29 is 19.4 Å². The van der Waals surface area contributed by atoms with Crippen LogP contribution in [0.1, 0.15) is 70.3 Å². The van der Waals surface area contributed by atoms with Crippen molar-refractivity contribution in [3.05, 3.63) is 29.8 Å². The molecule has 6 nitrogen and oxygen atoms in total. The van der Waals surface area contributed by atoms with Gasteiger partial charge in [0.05, 0.1) is 6.42 Å². The van der Waals surface area contributed by atoms with Gasteiger partial charge >= 0.3 is 5.97 Å². The molecule has 0 radical (unpaired) electrons. The van der Waals surface area contributed by atoms with Gasteiger partial charge in [-0.2, -0.15) is 0 Å². The number of fused-ring (bicyclic) bond motifs is 1. The highest BCUT2D eigenvalue weighted by Crippen LogP contribution is 2.38. The van der Waals surface area contributed by atoms with E-state index in [-0.39, 0.29) is 24.2 Å². The average Bonchev–Trinajstić information content (AvgIpc) is 2.79. The van der Waals surface area contributed by atoms with Crippen molar-refractivity contribution in [2.24, 2.45) is 5.41 Å². The maximum absolute atomic E-state index is 12.4. The Bertz CT molecular complexity index is 743. The fraction of sp³-hybridized carbons (Fsp3) is 0.692. The number of piperidine rings is 1. The summed E-state index contributed by atoms with van der Waals surface area (Å²) >= 11 is 0. The van der Waals surface area contributed by atoms with Gasteiger partial charge in [0.15, 0.2) is 0 Å². The summed E-state index contributed by atoms with van der Waals surface area (Å²) in [7, 11) is 0. The van der Waals surface area contributed by atoms with Gasteiger partial charge in [0.1, 0.15) is 12.4 Å². The first-order valence-electron chi connectivity index (χ1n) is 12.4. The molecule has 0 unspecified atom stereocenters. The van der Waals surface area contributed by atoms with E-state index in [0.717, 1.165) is 64.2 Å². The number of carbonyl (C=O) groups is 2. The van der Waals surface area contributed by atoms with Crippen molar-refractivity contribution in [2.45, 2.75) is 71.1 Å². The number of carboxylic acids is 1. The van der Waals surface area contributed by atoms with Gasteiger partial charge in [-0.1, -0.05) is 38.0 Å². The van der Waals surface area contributed by atoms with Gasteiger partial charge in [-0.15, -0.1) is 0 Å². The summed E-state index contributed by atoms with van der Waals surface area (Å²) in [5.74, 6) is 0.121. The summed E-state index contributed by atoms with van der Waals surface area (Å²) in [5, 5.41) is 8.88. The van der Waals surface area contributed by atoms with Crippen LogP contribution >= 0.6 is 0 Å². The highest BCUT2D eigenvalue weighted by Gasteiger charge is 2.37. The third kappa shape index (κ3) is 7.22. The Hall–Kier alpha value is -2.08. The highest BCUT2D eigenvalue weighted by molar-refractivity contribution is 5.80. The number of aliphatic carboxylic acids is 1.